The van der Waals surface area contributed by atoms with Crippen molar-refractivity contribution in [2.45, 2.75) is 44.9 Å². The fraction of sp³-hybridized carbons (Fsp3) is 0.938. The van der Waals surface area contributed by atoms with Crippen LogP contribution in [0.4, 0.5) is 0 Å². The van der Waals surface area contributed by atoms with Gasteiger partial charge in [-0.05, 0) is 31.6 Å². The summed E-state index contributed by atoms with van der Waals surface area (Å²) in [6, 6.07) is 2.34. The predicted molar refractivity (Wildman–Crippen MR) is 85.7 cm³/mol. The van der Waals surface area contributed by atoms with E-state index in [1.807, 2.05) is 0 Å². The molecule has 1 heterocycles. The average molecular weight is 325 g/mol. The molecule has 0 spiro atoms. The highest BCUT2D eigenvalue weighted by molar-refractivity contribution is 7.89. The monoisotopic (exact) mass is 325 g/mol. The molecule has 5 nitrogen and oxygen atoms in total. The second-order valence-electron chi connectivity index (χ2n) is 7.35. The molecule has 1 saturated heterocycles. The third kappa shape index (κ3) is 3.81. The smallest absolute Gasteiger partial charge is 0.215 e. The Morgan fingerprint density at radius 1 is 1.05 bits per heavy atom. The van der Waals surface area contributed by atoms with Crippen LogP contribution in [-0.4, -0.2) is 56.1 Å². The molecule has 0 radical (unpaired) electrons. The number of piperazine rings is 1. The molecule has 0 N–H and O–H groups in total. The number of nitrogens with zero attached hydrogens (tertiary/aromatic N) is 3. The third-order valence-corrected chi connectivity index (χ3v) is 7.51. The van der Waals surface area contributed by atoms with Crippen molar-refractivity contribution in [3.63, 3.8) is 0 Å². The van der Waals surface area contributed by atoms with Gasteiger partial charge in [-0.1, -0.05) is 19.3 Å². The fourth-order valence-electron chi connectivity index (χ4n) is 3.81. The first kappa shape index (κ1) is 16.2. The Bertz CT molecular complexity index is 522. The molecule has 0 unspecified atom stereocenters. The van der Waals surface area contributed by atoms with Gasteiger partial charge in [0.1, 0.15) is 0 Å². The van der Waals surface area contributed by atoms with Gasteiger partial charge in [-0.15, -0.1) is 0 Å². The maximum Gasteiger partial charge on any atom is 0.215 e. The van der Waals surface area contributed by atoms with Crippen LogP contribution in [0.5, 0.6) is 0 Å². The quantitative estimate of drug-likeness (QED) is 0.773. The Kier molecular flexibility index (Phi) is 4.77. The second kappa shape index (κ2) is 6.46. The molecule has 3 rings (SSSR count). The molecule has 1 aliphatic heterocycles. The molecule has 0 aromatic carbocycles. The zero-order chi connectivity index (χ0) is 15.6. The van der Waals surface area contributed by atoms with Gasteiger partial charge in [0.05, 0.1) is 17.2 Å². The van der Waals surface area contributed by atoms with Crippen molar-refractivity contribution < 1.29 is 8.42 Å². The molecule has 2 aliphatic carbocycles. The molecular weight excluding hydrogens is 298 g/mol. The van der Waals surface area contributed by atoms with E-state index in [2.05, 4.69) is 11.0 Å². The molecule has 0 aromatic rings. The van der Waals surface area contributed by atoms with Gasteiger partial charge in [-0.3, -0.25) is 0 Å². The summed E-state index contributed by atoms with van der Waals surface area (Å²) in [5.41, 5.74) is -0.637. The topological polar surface area (TPSA) is 64.4 Å². The van der Waals surface area contributed by atoms with E-state index in [0.717, 1.165) is 57.7 Å². The van der Waals surface area contributed by atoms with Crippen molar-refractivity contribution in [2.24, 2.45) is 11.3 Å². The lowest BCUT2D eigenvalue weighted by Gasteiger charge is -2.37. The highest BCUT2D eigenvalue weighted by Gasteiger charge is 2.40. The Morgan fingerprint density at radius 2 is 1.68 bits per heavy atom. The van der Waals surface area contributed by atoms with Gasteiger partial charge in [0.2, 0.25) is 10.0 Å². The summed E-state index contributed by atoms with van der Waals surface area (Å²) >= 11 is 0. The van der Waals surface area contributed by atoms with Crippen LogP contribution < -0.4 is 0 Å². The van der Waals surface area contributed by atoms with Crippen LogP contribution >= 0.6 is 0 Å². The number of hydrogen-bond donors (Lipinski definition) is 0. The Morgan fingerprint density at radius 3 is 2.23 bits per heavy atom. The lowest BCUT2D eigenvalue weighted by atomic mass is 9.77. The lowest BCUT2D eigenvalue weighted by molar-refractivity contribution is 0.180. The van der Waals surface area contributed by atoms with Crippen LogP contribution in [0.2, 0.25) is 0 Å². The van der Waals surface area contributed by atoms with Crippen molar-refractivity contribution >= 4 is 10.0 Å². The first-order chi connectivity index (χ1) is 10.5. The molecule has 22 heavy (non-hydrogen) atoms. The van der Waals surface area contributed by atoms with Crippen LogP contribution in [0.15, 0.2) is 0 Å². The van der Waals surface area contributed by atoms with Gasteiger partial charge in [0.25, 0.3) is 0 Å². The van der Waals surface area contributed by atoms with Crippen molar-refractivity contribution in [3.8, 4) is 6.07 Å². The molecule has 0 bridgehead atoms. The average Bonchev–Trinajstić information content (AvgIpc) is 3.32. The molecule has 6 heteroatoms. The first-order valence-electron chi connectivity index (χ1n) is 8.64. The summed E-state index contributed by atoms with van der Waals surface area (Å²) < 4.78 is 27.1. The van der Waals surface area contributed by atoms with E-state index in [1.54, 1.807) is 4.31 Å². The maximum atomic E-state index is 12.7. The van der Waals surface area contributed by atoms with E-state index in [-0.39, 0.29) is 5.75 Å². The SMILES string of the molecule is N#CC1(CS(=O)(=O)N2CCN(CC3CC3)CC2)CCCCC1. The van der Waals surface area contributed by atoms with Crippen LogP contribution in [0.1, 0.15) is 44.9 Å². The van der Waals surface area contributed by atoms with Gasteiger partial charge in [0, 0.05) is 32.7 Å². The minimum atomic E-state index is -3.31. The molecule has 3 fully saturated rings. The van der Waals surface area contributed by atoms with Gasteiger partial charge in [0.15, 0.2) is 0 Å². The largest absolute Gasteiger partial charge is 0.300 e. The van der Waals surface area contributed by atoms with E-state index in [0.29, 0.717) is 13.1 Å². The summed E-state index contributed by atoms with van der Waals surface area (Å²) in [4.78, 5) is 2.39. The number of sulfonamides is 1. The van der Waals surface area contributed by atoms with E-state index >= 15 is 0 Å². The number of hydrogen-bond acceptors (Lipinski definition) is 4. The minimum Gasteiger partial charge on any atom is -0.300 e. The summed E-state index contributed by atoms with van der Waals surface area (Å²) in [5.74, 6) is 0.881. The summed E-state index contributed by atoms with van der Waals surface area (Å²) in [6.07, 6.45) is 7.25. The molecule has 124 valence electrons. The van der Waals surface area contributed by atoms with Gasteiger partial charge in [-0.2, -0.15) is 9.57 Å². The standard InChI is InChI=1S/C16H27N3O2S/c17-13-16(6-2-1-3-7-16)14-22(20,21)19-10-8-18(9-11-19)12-15-4-5-15/h15H,1-12,14H2. The summed E-state index contributed by atoms with van der Waals surface area (Å²) in [6.45, 7) is 4.01. The third-order valence-electron chi connectivity index (χ3n) is 5.44. The van der Waals surface area contributed by atoms with E-state index in [4.69, 9.17) is 0 Å². The zero-order valence-corrected chi connectivity index (χ0v) is 14.2. The highest BCUT2D eigenvalue weighted by atomic mass is 32.2. The van der Waals surface area contributed by atoms with Crippen molar-refractivity contribution in [1.82, 2.24) is 9.21 Å². The van der Waals surface area contributed by atoms with Crippen molar-refractivity contribution in [1.29, 1.82) is 5.26 Å². The Balaban J connectivity index is 1.57. The second-order valence-corrected chi connectivity index (χ2v) is 9.32. The van der Waals surface area contributed by atoms with Crippen LogP contribution in [0.25, 0.3) is 0 Å². The lowest BCUT2D eigenvalue weighted by Crippen LogP contribution is -2.51. The van der Waals surface area contributed by atoms with Gasteiger partial charge in [-0.25, -0.2) is 8.42 Å². The van der Waals surface area contributed by atoms with Crippen LogP contribution in [-0.2, 0) is 10.0 Å². The van der Waals surface area contributed by atoms with E-state index < -0.39 is 15.4 Å². The minimum absolute atomic E-state index is 0.0269. The van der Waals surface area contributed by atoms with Crippen molar-refractivity contribution in [2.75, 3.05) is 38.5 Å². The Labute approximate surface area is 134 Å². The Hall–Kier alpha value is -0.640. The van der Waals surface area contributed by atoms with E-state index in [9.17, 15) is 13.7 Å². The van der Waals surface area contributed by atoms with E-state index in [1.165, 1.54) is 12.8 Å². The molecular formula is C16H27N3O2S. The summed E-state index contributed by atoms with van der Waals surface area (Å²) in [5, 5.41) is 9.51. The number of nitriles is 1. The van der Waals surface area contributed by atoms with Gasteiger partial charge >= 0.3 is 0 Å². The maximum absolute atomic E-state index is 12.7. The first-order valence-corrected chi connectivity index (χ1v) is 10.3. The highest BCUT2D eigenvalue weighted by Crippen LogP contribution is 2.37. The molecule has 0 aromatic heterocycles. The molecule has 0 atom stereocenters. The molecule has 3 aliphatic rings. The normalized spacial score (nSPS) is 27.4. The summed E-state index contributed by atoms with van der Waals surface area (Å²) in [7, 11) is -3.31. The van der Waals surface area contributed by atoms with Gasteiger partial charge < -0.3 is 4.90 Å². The zero-order valence-electron chi connectivity index (χ0n) is 13.3. The molecule has 0 amide bonds. The predicted octanol–water partition coefficient (Wildman–Crippen LogP) is 1.82. The molecule has 2 saturated carbocycles. The number of rotatable bonds is 5. The van der Waals surface area contributed by atoms with Crippen LogP contribution in [0, 0.1) is 22.7 Å². The fourth-order valence-corrected chi connectivity index (χ4v) is 5.77. The van der Waals surface area contributed by atoms with Crippen molar-refractivity contribution in [3.05, 3.63) is 0 Å². The van der Waals surface area contributed by atoms with Crippen LogP contribution in [0.3, 0.4) is 0 Å².